The Kier molecular flexibility index (Phi) is 6.70. The average Bonchev–Trinajstić information content (AvgIpc) is 2.57. The van der Waals surface area contributed by atoms with E-state index in [1.807, 2.05) is 13.8 Å². The van der Waals surface area contributed by atoms with Crippen LogP contribution in [0.3, 0.4) is 0 Å². The lowest BCUT2D eigenvalue weighted by molar-refractivity contribution is 0.0920. The first-order chi connectivity index (χ1) is 11.9. The van der Waals surface area contributed by atoms with E-state index < -0.39 is 0 Å². The van der Waals surface area contributed by atoms with Gasteiger partial charge in [0, 0.05) is 25.1 Å². The molecule has 0 spiro atoms. The minimum Gasteiger partial charge on any atom is -0.381 e. The molecule has 1 heterocycles. The largest absolute Gasteiger partial charge is 0.381 e. The fraction of sp³-hybridized carbons (Fsp3) is 0.526. The summed E-state index contributed by atoms with van der Waals surface area (Å²) in [4.78, 5) is 25.0. The number of carbonyl (C=O) groups is 1. The zero-order valence-electron chi connectivity index (χ0n) is 15.4. The third kappa shape index (κ3) is 4.89. The Hall–Kier alpha value is -2.21. The maximum atomic E-state index is 12.6. The molecule has 0 aliphatic heterocycles. The van der Waals surface area contributed by atoms with Gasteiger partial charge in [-0.1, -0.05) is 32.0 Å². The van der Waals surface area contributed by atoms with Crippen molar-refractivity contribution >= 4 is 16.7 Å². The molecule has 1 amide bonds. The summed E-state index contributed by atoms with van der Waals surface area (Å²) in [6.45, 7) is 9.78. The first kappa shape index (κ1) is 19.1. The zero-order valence-corrected chi connectivity index (χ0v) is 15.4. The maximum absolute atomic E-state index is 12.6. The third-order valence-corrected chi connectivity index (χ3v) is 3.73. The Labute approximate surface area is 148 Å². The molecule has 0 unspecified atom stereocenters. The van der Waals surface area contributed by atoms with Crippen molar-refractivity contribution in [1.29, 1.82) is 0 Å². The summed E-state index contributed by atoms with van der Waals surface area (Å²) >= 11 is 0. The molecule has 1 aromatic carbocycles. The molecule has 1 aromatic heterocycles. The van der Waals surface area contributed by atoms with Gasteiger partial charge in [-0.05, 0) is 32.3 Å². The van der Waals surface area contributed by atoms with Crippen LogP contribution in [0.4, 0.5) is 0 Å². The second-order valence-electron chi connectivity index (χ2n) is 6.82. The molecule has 0 aliphatic rings. The van der Waals surface area contributed by atoms with Crippen LogP contribution in [-0.4, -0.2) is 35.4 Å². The summed E-state index contributed by atoms with van der Waals surface area (Å²) in [6, 6.07) is 6.97. The van der Waals surface area contributed by atoms with Crippen LogP contribution in [-0.2, 0) is 4.74 Å². The number of nitrogens with zero attached hydrogens (tertiary/aromatic N) is 2. The smallest absolute Gasteiger partial charge is 0.274 e. The highest BCUT2D eigenvalue weighted by Gasteiger charge is 2.17. The molecule has 0 saturated heterocycles. The summed E-state index contributed by atoms with van der Waals surface area (Å²) in [5.41, 5.74) is 0.108. The fourth-order valence-corrected chi connectivity index (χ4v) is 2.50. The molecular formula is C19H27N3O3. The van der Waals surface area contributed by atoms with Crippen LogP contribution in [0.5, 0.6) is 0 Å². The van der Waals surface area contributed by atoms with Crippen LogP contribution in [0.2, 0.25) is 0 Å². The summed E-state index contributed by atoms with van der Waals surface area (Å²) in [5.74, 6) is 0.233. The first-order valence-corrected chi connectivity index (χ1v) is 8.79. The predicted octanol–water partition coefficient (Wildman–Crippen LogP) is 2.77. The van der Waals surface area contributed by atoms with Crippen LogP contribution >= 0.6 is 0 Å². The van der Waals surface area contributed by atoms with E-state index in [1.165, 1.54) is 4.68 Å². The number of amides is 1. The van der Waals surface area contributed by atoms with Gasteiger partial charge in [0.1, 0.15) is 0 Å². The van der Waals surface area contributed by atoms with Crippen molar-refractivity contribution in [2.24, 2.45) is 5.92 Å². The molecule has 1 N–H and O–H groups in total. The van der Waals surface area contributed by atoms with Gasteiger partial charge in [-0.3, -0.25) is 9.59 Å². The quantitative estimate of drug-likeness (QED) is 0.747. The van der Waals surface area contributed by atoms with E-state index in [-0.39, 0.29) is 23.2 Å². The molecule has 0 fully saturated rings. The van der Waals surface area contributed by atoms with Gasteiger partial charge in [0.2, 0.25) is 0 Å². The number of aromatic nitrogens is 2. The van der Waals surface area contributed by atoms with Crippen LogP contribution in [0.25, 0.3) is 10.8 Å². The minimum atomic E-state index is -0.269. The minimum absolute atomic E-state index is 0.118. The summed E-state index contributed by atoms with van der Waals surface area (Å²) in [5, 5.41) is 8.26. The van der Waals surface area contributed by atoms with Crippen molar-refractivity contribution in [2.45, 2.75) is 40.2 Å². The van der Waals surface area contributed by atoms with Gasteiger partial charge < -0.3 is 10.1 Å². The molecule has 2 aromatic rings. The van der Waals surface area contributed by atoms with E-state index in [0.29, 0.717) is 29.8 Å². The predicted molar refractivity (Wildman–Crippen MR) is 99.0 cm³/mol. The van der Waals surface area contributed by atoms with Gasteiger partial charge in [-0.25, -0.2) is 4.68 Å². The number of fused-ring (bicyclic) bond motifs is 1. The van der Waals surface area contributed by atoms with E-state index in [9.17, 15) is 9.59 Å². The third-order valence-electron chi connectivity index (χ3n) is 3.73. The highest BCUT2D eigenvalue weighted by atomic mass is 16.5. The highest BCUT2D eigenvalue weighted by Crippen LogP contribution is 2.14. The number of hydrogen-bond acceptors (Lipinski definition) is 4. The van der Waals surface area contributed by atoms with Gasteiger partial charge in [0.15, 0.2) is 5.69 Å². The second-order valence-corrected chi connectivity index (χ2v) is 6.82. The van der Waals surface area contributed by atoms with E-state index in [2.05, 4.69) is 24.3 Å². The van der Waals surface area contributed by atoms with Crippen molar-refractivity contribution in [3.05, 3.63) is 40.3 Å². The van der Waals surface area contributed by atoms with Crippen LogP contribution in [0.1, 0.15) is 50.6 Å². The molecule has 25 heavy (non-hydrogen) atoms. The Morgan fingerprint density at radius 2 is 1.88 bits per heavy atom. The van der Waals surface area contributed by atoms with Gasteiger partial charge in [0.25, 0.3) is 11.5 Å². The number of rotatable bonds is 8. The lowest BCUT2D eigenvalue weighted by Crippen LogP contribution is -2.32. The topological polar surface area (TPSA) is 73.2 Å². The monoisotopic (exact) mass is 345 g/mol. The Morgan fingerprint density at radius 3 is 2.52 bits per heavy atom. The molecule has 0 saturated carbocycles. The van der Waals surface area contributed by atoms with Crippen molar-refractivity contribution < 1.29 is 9.53 Å². The Bertz CT molecular complexity index is 781. The molecule has 6 nitrogen and oxygen atoms in total. The number of hydrogen-bond donors (Lipinski definition) is 1. The number of benzene rings is 1. The van der Waals surface area contributed by atoms with E-state index in [0.717, 1.165) is 13.0 Å². The molecule has 0 radical (unpaired) electrons. The Balaban J connectivity index is 2.12. The number of ether oxygens (including phenoxy) is 1. The van der Waals surface area contributed by atoms with Gasteiger partial charge in [-0.15, -0.1) is 0 Å². The SMILES string of the molecule is CC(C)COCCCNC(=O)c1nn(C(C)C)c(=O)c2ccccc12. The summed E-state index contributed by atoms with van der Waals surface area (Å²) < 4.78 is 6.87. The number of carbonyl (C=O) groups excluding carboxylic acids is 1. The normalized spacial score (nSPS) is 11.4. The zero-order chi connectivity index (χ0) is 18.4. The molecule has 6 heteroatoms. The summed E-state index contributed by atoms with van der Waals surface area (Å²) in [7, 11) is 0. The highest BCUT2D eigenvalue weighted by molar-refractivity contribution is 6.04. The van der Waals surface area contributed by atoms with E-state index >= 15 is 0 Å². The maximum Gasteiger partial charge on any atom is 0.274 e. The second kappa shape index (κ2) is 8.76. The van der Waals surface area contributed by atoms with Gasteiger partial charge >= 0.3 is 0 Å². The van der Waals surface area contributed by atoms with Crippen molar-refractivity contribution in [3.63, 3.8) is 0 Å². The standard InChI is InChI=1S/C19H27N3O3/c1-13(2)12-25-11-7-10-20-18(23)17-15-8-5-6-9-16(15)19(24)22(21-17)14(3)4/h5-6,8-9,13-14H,7,10-12H2,1-4H3,(H,20,23). The van der Waals surface area contributed by atoms with E-state index in [1.54, 1.807) is 24.3 Å². The molecule has 0 atom stereocenters. The van der Waals surface area contributed by atoms with E-state index in [4.69, 9.17) is 4.74 Å². The molecule has 136 valence electrons. The van der Waals surface area contributed by atoms with Crippen LogP contribution in [0, 0.1) is 5.92 Å². The molecule has 2 rings (SSSR count). The summed E-state index contributed by atoms with van der Waals surface area (Å²) in [6.07, 6.45) is 0.736. The van der Waals surface area contributed by atoms with Crippen molar-refractivity contribution in [1.82, 2.24) is 15.1 Å². The average molecular weight is 345 g/mol. The fourth-order valence-electron chi connectivity index (χ4n) is 2.50. The van der Waals surface area contributed by atoms with Crippen molar-refractivity contribution in [3.8, 4) is 0 Å². The van der Waals surface area contributed by atoms with Crippen LogP contribution < -0.4 is 10.9 Å². The number of nitrogens with one attached hydrogen (secondary N) is 1. The Morgan fingerprint density at radius 1 is 1.20 bits per heavy atom. The van der Waals surface area contributed by atoms with Gasteiger partial charge in [-0.2, -0.15) is 5.10 Å². The molecular weight excluding hydrogens is 318 g/mol. The lowest BCUT2D eigenvalue weighted by atomic mass is 10.1. The van der Waals surface area contributed by atoms with Crippen molar-refractivity contribution in [2.75, 3.05) is 19.8 Å². The van der Waals surface area contributed by atoms with Crippen LogP contribution in [0.15, 0.2) is 29.1 Å². The molecule has 0 bridgehead atoms. The van der Waals surface area contributed by atoms with Gasteiger partial charge in [0.05, 0.1) is 11.4 Å². The first-order valence-electron chi connectivity index (χ1n) is 8.79. The lowest BCUT2D eigenvalue weighted by Gasteiger charge is -2.13. The molecule has 0 aliphatic carbocycles.